The minimum atomic E-state index is -3.34. The van der Waals surface area contributed by atoms with Crippen molar-refractivity contribution in [2.75, 3.05) is 19.4 Å². The van der Waals surface area contributed by atoms with Crippen LogP contribution in [0.4, 0.5) is 4.39 Å². The number of hydrogen-bond donors (Lipinski definition) is 1. The summed E-state index contributed by atoms with van der Waals surface area (Å²) in [5, 5.41) is 3.38. The van der Waals surface area contributed by atoms with Crippen LogP contribution in [0.25, 0.3) is 11.0 Å². The fraction of sp³-hybridized carbons (Fsp3) is 0.286. The summed E-state index contributed by atoms with van der Waals surface area (Å²) in [5.74, 6) is -0.416. The van der Waals surface area contributed by atoms with Crippen molar-refractivity contribution in [2.24, 2.45) is 0 Å². The number of benzene rings is 2. The monoisotopic (exact) mass is 419 g/mol. The zero-order chi connectivity index (χ0) is 20.9. The molecule has 6 nitrogen and oxygen atoms in total. The summed E-state index contributed by atoms with van der Waals surface area (Å²) in [5.41, 5.74) is 0.851. The molecule has 0 spiro atoms. The molecule has 29 heavy (non-hydrogen) atoms. The quantitative estimate of drug-likeness (QED) is 0.535. The summed E-state index contributed by atoms with van der Waals surface area (Å²) < 4.78 is 47.5. The highest BCUT2D eigenvalue weighted by atomic mass is 32.2. The summed E-state index contributed by atoms with van der Waals surface area (Å²) in [6.07, 6.45) is 2.47. The van der Waals surface area contributed by atoms with Crippen molar-refractivity contribution in [3.05, 3.63) is 65.7 Å². The lowest BCUT2D eigenvalue weighted by Crippen LogP contribution is -2.25. The number of para-hydroxylation sites is 1. The van der Waals surface area contributed by atoms with E-state index in [2.05, 4.69) is 5.32 Å². The molecule has 154 valence electrons. The molecule has 1 aromatic heterocycles. The van der Waals surface area contributed by atoms with Crippen LogP contribution >= 0.6 is 0 Å². The Hall–Kier alpha value is -2.87. The Bertz CT molecular complexity index is 1090. The second kappa shape index (κ2) is 9.09. The Morgan fingerprint density at radius 1 is 1.10 bits per heavy atom. The van der Waals surface area contributed by atoms with Gasteiger partial charge in [-0.15, -0.1) is 0 Å². The molecule has 3 rings (SSSR count). The number of unbranched alkanes of at least 4 members (excludes halogenated alkanes) is 1. The van der Waals surface area contributed by atoms with Crippen molar-refractivity contribution in [3.8, 4) is 5.75 Å². The second-order valence-corrected chi connectivity index (χ2v) is 8.88. The lowest BCUT2D eigenvalue weighted by molar-refractivity contribution is 0.0926. The first-order valence-electron chi connectivity index (χ1n) is 9.18. The highest BCUT2D eigenvalue weighted by Crippen LogP contribution is 2.27. The van der Waals surface area contributed by atoms with E-state index in [1.54, 1.807) is 36.4 Å². The van der Waals surface area contributed by atoms with E-state index >= 15 is 0 Å². The van der Waals surface area contributed by atoms with Crippen LogP contribution in [-0.2, 0) is 15.6 Å². The zero-order valence-corrected chi connectivity index (χ0v) is 16.8. The number of rotatable bonds is 9. The van der Waals surface area contributed by atoms with Gasteiger partial charge in [-0.2, -0.15) is 0 Å². The molecule has 1 heterocycles. The molecule has 2 aromatic carbocycles. The largest absolute Gasteiger partial charge is 0.494 e. The molecule has 1 N–H and O–H groups in total. The molecule has 0 saturated carbocycles. The lowest BCUT2D eigenvalue weighted by atomic mass is 10.1. The molecule has 0 bridgehead atoms. The Balaban J connectivity index is 1.54. The van der Waals surface area contributed by atoms with E-state index in [1.165, 1.54) is 12.1 Å². The summed E-state index contributed by atoms with van der Waals surface area (Å²) in [4.78, 5) is 12.5. The summed E-state index contributed by atoms with van der Waals surface area (Å²) >= 11 is 0. The maximum Gasteiger partial charge on any atom is 0.287 e. The van der Waals surface area contributed by atoms with Crippen molar-refractivity contribution in [3.63, 3.8) is 0 Å². The maximum atomic E-state index is 12.8. The van der Waals surface area contributed by atoms with E-state index in [-0.39, 0.29) is 17.3 Å². The van der Waals surface area contributed by atoms with Gasteiger partial charge in [0.1, 0.15) is 17.1 Å². The van der Waals surface area contributed by atoms with Gasteiger partial charge >= 0.3 is 0 Å². The molecule has 0 unspecified atom stereocenters. The molecule has 1 amide bonds. The molecule has 0 aliphatic heterocycles. The van der Waals surface area contributed by atoms with E-state index in [1.807, 2.05) is 0 Å². The summed E-state index contributed by atoms with van der Waals surface area (Å²) in [6.45, 7) is 0.826. The number of sulfone groups is 1. The van der Waals surface area contributed by atoms with Crippen LogP contribution in [0.1, 0.15) is 29.0 Å². The molecular formula is C21H22FNO5S. The van der Waals surface area contributed by atoms with Gasteiger partial charge in [0.15, 0.2) is 15.6 Å². The molecule has 3 aromatic rings. The molecule has 0 aliphatic rings. The van der Waals surface area contributed by atoms with Gasteiger partial charge in [-0.1, -0.05) is 18.2 Å². The number of ether oxygens (including phenoxy) is 1. The number of fused-ring (bicyclic) bond motifs is 1. The van der Waals surface area contributed by atoms with E-state index in [9.17, 15) is 17.6 Å². The standard InChI is InChI=1S/C21H22FNO5S/c1-29(25,26)14-18-17-6-2-3-7-19(17)28-20(18)21(24)23-12-4-5-13-27-16-10-8-15(22)9-11-16/h2-3,6-11H,4-5,12-14H2,1H3,(H,23,24). The van der Waals surface area contributed by atoms with E-state index < -0.39 is 15.7 Å². The summed E-state index contributed by atoms with van der Waals surface area (Å²) in [7, 11) is -3.34. The maximum absolute atomic E-state index is 12.8. The smallest absolute Gasteiger partial charge is 0.287 e. The van der Waals surface area contributed by atoms with Crippen LogP contribution in [0.15, 0.2) is 52.9 Å². The SMILES string of the molecule is CS(=O)(=O)Cc1c(C(=O)NCCCCOc2ccc(F)cc2)oc2ccccc12. The number of hydrogen-bond acceptors (Lipinski definition) is 5. The van der Waals surface area contributed by atoms with Gasteiger partial charge in [-0.05, 0) is 43.2 Å². The lowest BCUT2D eigenvalue weighted by Gasteiger charge is -2.07. The van der Waals surface area contributed by atoms with Crippen LogP contribution in [0.2, 0.25) is 0 Å². The molecule has 0 aliphatic carbocycles. The number of furan rings is 1. The first-order chi connectivity index (χ1) is 13.8. The van der Waals surface area contributed by atoms with Crippen molar-refractivity contribution >= 4 is 26.7 Å². The second-order valence-electron chi connectivity index (χ2n) is 6.74. The third kappa shape index (κ3) is 5.80. The zero-order valence-electron chi connectivity index (χ0n) is 16.0. The first kappa shape index (κ1) is 20.9. The first-order valence-corrected chi connectivity index (χ1v) is 11.2. The van der Waals surface area contributed by atoms with Crippen molar-refractivity contribution in [1.29, 1.82) is 0 Å². The molecule has 8 heteroatoms. The minimum absolute atomic E-state index is 0.0270. The Morgan fingerprint density at radius 2 is 1.83 bits per heavy atom. The topological polar surface area (TPSA) is 85.6 Å². The molecule has 0 radical (unpaired) electrons. The van der Waals surface area contributed by atoms with Gasteiger partial charge in [0.05, 0.1) is 12.4 Å². The van der Waals surface area contributed by atoms with Crippen molar-refractivity contribution in [1.82, 2.24) is 5.32 Å². The van der Waals surface area contributed by atoms with Crippen molar-refractivity contribution < 1.29 is 26.8 Å². The van der Waals surface area contributed by atoms with E-state index in [0.717, 1.165) is 6.26 Å². The highest BCUT2D eigenvalue weighted by molar-refractivity contribution is 7.89. The van der Waals surface area contributed by atoms with Crippen molar-refractivity contribution in [2.45, 2.75) is 18.6 Å². The van der Waals surface area contributed by atoms with Crippen LogP contribution in [0, 0.1) is 5.82 Å². The number of halogens is 1. The summed E-state index contributed by atoms with van der Waals surface area (Å²) in [6, 6.07) is 12.7. The third-order valence-electron chi connectivity index (χ3n) is 4.25. The minimum Gasteiger partial charge on any atom is -0.494 e. The Morgan fingerprint density at radius 3 is 2.55 bits per heavy atom. The fourth-order valence-corrected chi connectivity index (χ4v) is 3.73. The van der Waals surface area contributed by atoms with Gasteiger partial charge in [-0.3, -0.25) is 4.79 Å². The predicted molar refractivity (Wildman–Crippen MR) is 108 cm³/mol. The normalized spacial score (nSPS) is 11.5. The Labute approximate surface area is 168 Å². The van der Waals surface area contributed by atoms with Gasteiger partial charge in [0, 0.05) is 23.8 Å². The van der Waals surface area contributed by atoms with Crippen LogP contribution in [-0.4, -0.2) is 33.7 Å². The average Bonchev–Trinajstić information content (AvgIpc) is 3.03. The molecule has 0 fully saturated rings. The van der Waals surface area contributed by atoms with Crippen LogP contribution < -0.4 is 10.1 Å². The highest BCUT2D eigenvalue weighted by Gasteiger charge is 2.22. The third-order valence-corrected chi connectivity index (χ3v) is 5.06. The van der Waals surface area contributed by atoms with E-state index in [4.69, 9.17) is 9.15 Å². The number of amides is 1. The number of nitrogens with one attached hydrogen (secondary N) is 1. The van der Waals surface area contributed by atoms with Crippen LogP contribution in [0.5, 0.6) is 5.75 Å². The predicted octanol–water partition coefficient (Wildman–Crippen LogP) is 3.71. The molecule has 0 saturated heterocycles. The van der Waals surface area contributed by atoms with Gasteiger partial charge < -0.3 is 14.5 Å². The van der Waals surface area contributed by atoms with Gasteiger partial charge in [0.2, 0.25) is 0 Å². The van der Waals surface area contributed by atoms with Gasteiger partial charge in [0.25, 0.3) is 5.91 Å². The Kier molecular flexibility index (Phi) is 6.53. The van der Waals surface area contributed by atoms with Crippen LogP contribution in [0.3, 0.4) is 0 Å². The fourth-order valence-electron chi connectivity index (χ4n) is 2.92. The molecular weight excluding hydrogens is 397 g/mol. The van der Waals surface area contributed by atoms with E-state index in [0.29, 0.717) is 48.3 Å². The van der Waals surface area contributed by atoms with Gasteiger partial charge in [-0.25, -0.2) is 12.8 Å². The average molecular weight is 419 g/mol. The number of carbonyl (C=O) groups is 1. The number of carbonyl (C=O) groups excluding carboxylic acids is 1. The molecule has 0 atom stereocenters.